The second-order valence-corrected chi connectivity index (χ2v) is 6.81. The van der Waals surface area contributed by atoms with E-state index in [0.717, 1.165) is 10.9 Å². The molecule has 128 valence electrons. The van der Waals surface area contributed by atoms with Crippen LogP contribution in [-0.2, 0) is 4.79 Å². The van der Waals surface area contributed by atoms with Gasteiger partial charge in [0, 0.05) is 36.9 Å². The van der Waals surface area contributed by atoms with Crippen molar-refractivity contribution in [3.05, 3.63) is 36.0 Å². The van der Waals surface area contributed by atoms with E-state index in [0.29, 0.717) is 18.0 Å². The summed E-state index contributed by atoms with van der Waals surface area (Å²) in [5.41, 5.74) is 1.39. The normalized spacial score (nSPS) is 19.2. The van der Waals surface area contributed by atoms with Crippen LogP contribution in [0.2, 0.25) is 0 Å². The number of hydrogen-bond acceptors (Lipinski definition) is 3. The van der Waals surface area contributed by atoms with Crippen LogP contribution >= 0.6 is 0 Å². The van der Waals surface area contributed by atoms with E-state index in [-0.39, 0.29) is 31.4 Å². The lowest BCUT2D eigenvalue weighted by atomic mass is 10.1. The number of H-pyrrole nitrogens is 1. The van der Waals surface area contributed by atoms with Crippen molar-refractivity contribution in [2.24, 2.45) is 5.92 Å². The number of benzene rings is 1. The van der Waals surface area contributed by atoms with Crippen molar-refractivity contribution in [1.29, 1.82) is 0 Å². The molecule has 0 spiro atoms. The Morgan fingerprint density at radius 1 is 1.33 bits per heavy atom. The molecule has 0 saturated carbocycles. The van der Waals surface area contributed by atoms with Gasteiger partial charge in [-0.05, 0) is 29.5 Å². The van der Waals surface area contributed by atoms with Gasteiger partial charge in [0.1, 0.15) is 6.54 Å². The van der Waals surface area contributed by atoms with Gasteiger partial charge in [-0.2, -0.15) is 0 Å². The van der Waals surface area contributed by atoms with E-state index in [1.54, 1.807) is 17.0 Å². The van der Waals surface area contributed by atoms with Gasteiger partial charge in [-0.3, -0.25) is 9.59 Å². The fraction of sp³-hybridized carbons (Fsp3) is 0.444. The van der Waals surface area contributed by atoms with Gasteiger partial charge in [0.15, 0.2) is 0 Å². The minimum Gasteiger partial charge on any atom is -0.389 e. The minimum atomic E-state index is -0.728. The van der Waals surface area contributed by atoms with Crippen molar-refractivity contribution < 1.29 is 14.7 Å². The number of β-amino-alcohol motifs (C(OH)–C–C–N with tert-alkyl or cyclic N) is 1. The maximum absolute atomic E-state index is 12.8. The summed E-state index contributed by atoms with van der Waals surface area (Å²) in [5.74, 6) is -0.0291. The van der Waals surface area contributed by atoms with E-state index in [9.17, 15) is 14.7 Å². The second kappa shape index (κ2) is 6.65. The fourth-order valence-corrected chi connectivity index (χ4v) is 3.13. The molecule has 0 aliphatic carbocycles. The van der Waals surface area contributed by atoms with Gasteiger partial charge < -0.3 is 19.9 Å². The van der Waals surface area contributed by atoms with E-state index in [4.69, 9.17) is 0 Å². The Bertz CT molecular complexity index is 753. The number of carbonyl (C=O) groups excluding carboxylic acids is 2. The zero-order valence-electron chi connectivity index (χ0n) is 14.0. The molecule has 2 N–H and O–H groups in total. The first-order valence-corrected chi connectivity index (χ1v) is 8.26. The second-order valence-electron chi connectivity index (χ2n) is 6.81. The lowest BCUT2D eigenvalue weighted by molar-refractivity contribution is -0.131. The summed E-state index contributed by atoms with van der Waals surface area (Å²) >= 11 is 0. The monoisotopic (exact) mass is 329 g/mol. The van der Waals surface area contributed by atoms with Crippen LogP contribution in [0, 0.1) is 5.92 Å². The topological polar surface area (TPSA) is 76.6 Å². The lowest BCUT2D eigenvalue weighted by Crippen LogP contribution is -2.40. The van der Waals surface area contributed by atoms with E-state index >= 15 is 0 Å². The molecule has 1 aliphatic rings. The predicted molar refractivity (Wildman–Crippen MR) is 91.6 cm³/mol. The maximum Gasteiger partial charge on any atom is 0.254 e. The summed E-state index contributed by atoms with van der Waals surface area (Å²) in [7, 11) is 0. The van der Waals surface area contributed by atoms with Crippen LogP contribution in [0.25, 0.3) is 10.9 Å². The first kappa shape index (κ1) is 16.5. The number of aromatic amines is 1. The molecule has 3 rings (SSSR count). The van der Waals surface area contributed by atoms with Crippen LogP contribution in [-0.4, -0.2) is 64.0 Å². The highest BCUT2D eigenvalue weighted by molar-refractivity contribution is 5.99. The van der Waals surface area contributed by atoms with Crippen LogP contribution in [0.5, 0.6) is 0 Å². The summed E-state index contributed by atoms with van der Waals surface area (Å²) in [6.07, 6.45) is 1.09. The summed E-state index contributed by atoms with van der Waals surface area (Å²) in [4.78, 5) is 31.4. The average molecular weight is 329 g/mol. The standard InChI is InChI=1S/C18H23N3O3/c1-12(2)8-20-9-15(22)10-21(11-17(20)23)18(24)14-4-3-13-5-6-19-16(13)7-14/h3-7,12,15,19,22H,8-11H2,1-2H3. The number of aromatic nitrogens is 1. The van der Waals surface area contributed by atoms with Crippen molar-refractivity contribution >= 4 is 22.7 Å². The van der Waals surface area contributed by atoms with Gasteiger partial charge in [0.2, 0.25) is 5.91 Å². The van der Waals surface area contributed by atoms with Crippen LogP contribution in [0.4, 0.5) is 0 Å². The van der Waals surface area contributed by atoms with Gasteiger partial charge in [-0.15, -0.1) is 0 Å². The third-order valence-electron chi connectivity index (χ3n) is 4.22. The zero-order chi connectivity index (χ0) is 17.3. The van der Waals surface area contributed by atoms with Crippen LogP contribution in [0.3, 0.4) is 0 Å². The largest absolute Gasteiger partial charge is 0.389 e. The maximum atomic E-state index is 12.8. The summed E-state index contributed by atoms with van der Waals surface area (Å²) in [6, 6.07) is 7.35. The number of nitrogens with one attached hydrogen (secondary N) is 1. The van der Waals surface area contributed by atoms with Crippen molar-refractivity contribution in [2.45, 2.75) is 20.0 Å². The molecule has 1 saturated heterocycles. The third-order valence-corrected chi connectivity index (χ3v) is 4.22. The molecule has 2 amide bonds. The van der Waals surface area contributed by atoms with Gasteiger partial charge in [0.05, 0.1) is 6.10 Å². The number of rotatable bonds is 3. The molecular formula is C18H23N3O3. The molecule has 6 nitrogen and oxygen atoms in total. The Balaban J connectivity index is 1.80. The molecule has 1 fully saturated rings. The van der Waals surface area contributed by atoms with Gasteiger partial charge in [-0.25, -0.2) is 0 Å². The molecule has 1 aliphatic heterocycles. The van der Waals surface area contributed by atoms with Crippen LogP contribution in [0.15, 0.2) is 30.5 Å². The smallest absolute Gasteiger partial charge is 0.254 e. The molecule has 24 heavy (non-hydrogen) atoms. The van der Waals surface area contributed by atoms with Gasteiger partial charge in [0.25, 0.3) is 5.91 Å². The molecule has 6 heteroatoms. The number of nitrogens with zero attached hydrogens (tertiary/aromatic N) is 2. The Labute approximate surface area is 141 Å². The molecule has 1 atom stereocenters. The highest BCUT2D eigenvalue weighted by Gasteiger charge is 2.30. The molecule has 0 bridgehead atoms. The van der Waals surface area contributed by atoms with E-state index < -0.39 is 6.10 Å². The summed E-state index contributed by atoms with van der Waals surface area (Å²) < 4.78 is 0. The van der Waals surface area contributed by atoms with Crippen LogP contribution < -0.4 is 0 Å². The van der Waals surface area contributed by atoms with Crippen molar-refractivity contribution in [2.75, 3.05) is 26.2 Å². The minimum absolute atomic E-state index is 0.00533. The number of aliphatic hydroxyl groups excluding tert-OH is 1. The number of hydrogen-bond donors (Lipinski definition) is 2. The molecule has 2 heterocycles. The molecule has 1 unspecified atom stereocenters. The fourth-order valence-electron chi connectivity index (χ4n) is 3.13. The van der Waals surface area contributed by atoms with Gasteiger partial charge in [-0.1, -0.05) is 19.9 Å². The molecule has 1 aromatic carbocycles. The number of fused-ring (bicyclic) bond motifs is 1. The molecule has 2 aromatic rings. The zero-order valence-corrected chi connectivity index (χ0v) is 14.0. The van der Waals surface area contributed by atoms with Gasteiger partial charge >= 0.3 is 0 Å². The Hall–Kier alpha value is -2.34. The quantitative estimate of drug-likeness (QED) is 0.895. The molecule has 0 radical (unpaired) electrons. The first-order valence-electron chi connectivity index (χ1n) is 8.26. The molecule has 1 aromatic heterocycles. The highest BCUT2D eigenvalue weighted by atomic mass is 16.3. The Morgan fingerprint density at radius 2 is 2.12 bits per heavy atom. The predicted octanol–water partition coefficient (Wildman–Crippen LogP) is 1.47. The van der Waals surface area contributed by atoms with Crippen LogP contribution in [0.1, 0.15) is 24.2 Å². The average Bonchev–Trinajstić information content (AvgIpc) is 2.94. The van der Waals surface area contributed by atoms with Crippen molar-refractivity contribution in [3.8, 4) is 0 Å². The first-order chi connectivity index (χ1) is 11.4. The van der Waals surface area contributed by atoms with E-state index in [2.05, 4.69) is 4.98 Å². The Morgan fingerprint density at radius 3 is 2.88 bits per heavy atom. The number of amides is 2. The SMILES string of the molecule is CC(C)CN1CC(O)CN(C(=O)c2ccc3cc[nH]c3c2)CC1=O. The Kier molecular flexibility index (Phi) is 4.57. The third kappa shape index (κ3) is 3.43. The van der Waals surface area contributed by atoms with E-state index in [1.807, 2.05) is 32.2 Å². The summed E-state index contributed by atoms with van der Waals surface area (Å²) in [6.45, 7) is 5.09. The van der Waals surface area contributed by atoms with Crippen molar-refractivity contribution in [1.82, 2.24) is 14.8 Å². The van der Waals surface area contributed by atoms with E-state index in [1.165, 1.54) is 4.90 Å². The molecular weight excluding hydrogens is 306 g/mol. The number of carbonyl (C=O) groups is 2. The lowest BCUT2D eigenvalue weighted by Gasteiger charge is -2.23. The number of aliphatic hydroxyl groups is 1. The highest BCUT2D eigenvalue weighted by Crippen LogP contribution is 2.17. The van der Waals surface area contributed by atoms with Crippen molar-refractivity contribution in [3.63, 3.8) is 0 Å². The summed E-state index contributed by atoms with van der Waals surface area (Å²) in [5, 5.41) is 11.2.